The van der Waals surface area contributed by atoms with Gasteiger partial charge >= 0.3 is 5.76 Å². The Balaban J connectivity index is 1.12. The molecule has 2 heterocycles. The van der Waals surface area contributed by atoms with E-state index in [0.29, 0.717) is 30.1 Å². The quantitative estimate of drug-likeness (QED) is 0.525. The second kappa shape index (κ2) is 8.19. The zero-order valence-corrected chi connectivity index (χ0v) is 19.3. The number of oxazole rings is 1. The number of benzene rings is 1. The monoisotopic (exact) mass is 448 g/mol. The lowest BCUT2D eigenvalue weighted by atomic mass is 9.58. The van der Waals surface area contributed by atoms with E-state index in [1.807, 2.05) is 19.1 Å². The van der Waals surface area contributed by atoms with Crippen LogP contribution >= 0.6 is 0 Å². The Kier molecular flexibility index (Phi) is 5.15. The van der Waals surface area contributed by atoms with E-state index in [0.717, 1.165) is 35.9 Å². The molecule has 3 unspecified atom stereocenters. The average molecular weight is 449 g/mol. The van der Waals surface area contributed by atoms with Gasteiger partial charge in [-0.25, -0.2) is 4.79 Å². The number of hydrogen-bond acceptors (Lipinski definition) is 6. The van der Waals surface area contributed by atoms with Crippen LogP contribution < -0.4 is 11.1 Å². The number of aryl methyl sites for hydroxylation is 1. The van der Waals surface area contributed by atoms with Gasteiger partial charge in [0.1, 0.15) is 0 Å². The Morgan fingerprint density at radius 3 is 2.94 bits per heavy atom. The molecular formula is C26H32N4O3. The first-order valence-corrected chi connectivity index (χ1v) is 12.5. The molecule has 7 heteroatoms. The minimum Gasteiger partial charge on any atom is -0.408 e. The van der Waals surface area contributed by atoms with Crippen LogP contribution in [0.3, 0.4) is 0 Å². The fraction of sp³-hybridized carbons (Fsp3) is 0.577. The molecule has 0 radical (unpaired) electrons. The number of nitrogens with zero attached hydrogens (tertiary/aromatic N) is 3. The first-order valence-electron chi connectivity index (χ1n) is 12.5. The minimum absolute atomic E-state index is 0.101. The third kappa shape index (κ3) is 3.91. The van der Waals surface area contributed by atoms with Gasteiger partial charge in [0.05, 0.1) is 6.20 Å². The molecule has 1 N–H and O–H groups in total. The molecular weight excluding hydrogens is 416 g/mol. The SMILES string of the molecule is CCn1cc(-c2cccc(NCC3CCC4(c5nc(C6CC6)no5)CCCC3C4)c2)oc1=O. The Morgan fingerprint density at radius 1 is 1.21 bits per heavy atom. The summed E-state index contributed by atoms with van der Waals surface area (Å²) in [6.45, 7) is 3.50. The zero-order valence-electron chi connectivity index (χ0n) is 19.3. The topological polar surface area (TPSA) is 86.1 Å². The number of rotatable bonds is 7. The van der Waals surface area contributed by atoms with E-state index < -0.39 is 0 Å². The summed E-state index contributed by atoms with van der Waals surface area (Å²) in [5.41, 5.74) is 2.09. The lowest BCUT2D eigenvalue weighted by Crippen LogP contribution is -2.42. The highest BCUT2D eigenvalue weighted by molar-refractivity contribution is 5.63. The van der Waals surface area contributed by atoms with Crippen molar-refractivity contribution < 1.29 is 8.94 Å². The zero-order chi connectivity index (χ0) is 22.4. The largest absolute Gasteiger partial charge is 0.419 e. The lowest BCUT2D eigenvalue weighted by Gasteiger charge is -2.46. The normalized spacial score (nSPS) is 26.9. The number of nitrogens with one attached hydrogen (secondary N) is 1. The highest BCUT2D eigenvalue weighted by Crippen LogP contribution is 2.52. The smallest absolute Gasteiger partial charge is 0.408 e. The molecule has 0 amide bonds. The molecule has 3 aliphatic rings. The first kappa shape index (κ1) is 20.8. The molecule has 3 saturated carbocycles. The molecule has 1 aromatic carbocycles. The van der Waals surface area contributed by atoms with Crippen molar-refractivity contribution in [1.82, 2.24) is 14.7 Å². The molecule has 2 bridgehead atoms. The Morgan fingerprint density at radius 2 is 2.12 bits per heavy atom. The molecule has 7 nitrogen and oxygen atoms in total. The van der Waals surface area contributed by atoms with Crippen LogP contribution in [0.15, 0.2) is 44.2 Å². The summed E-state index contributed by atoms with van der Waals surface area (Å²) >= 11 is 0. The minimum atomic E-state index is -0.306. The predicted octanol–water partition coefficient (Wildman–Crippen LogP) is 5.34. The fourth-order valence-electron chi connectivity index (χ4n) is 6.02. The van der Waals surface area contributed by atoms with Gasteiger partial charge in [-0.1, -0.05) is 30.1 Å². The summed E-state index contributed by atoms with van der Waals surface area (Å²) in [7, 11) is 0. The maximum Gasteiger partial charge on any atom is 0.419 e. The molecule has 3 aliphatic carbocycles. The highest BCUT2D eigenvalue weighted by atomic mass is 16.5. The van der Waals surface area contributed by atoms with Gasteiger partial charge in [-0.2, -0.15) is 4.98 Å². The van der Waals surface area contributed by atoms with Crippen LogP contribution in [0.5, 0.6) is 0 Å². The summed E-state index contributed by atoms with van der Waals surface area (Å²) < 4.78 is 12.8. The first-order chi connectivity index (χ1) is 16.1. The third-order valence-corrected chi connectivity index (χ3v) is 8.14. The van der Waals surface area contributed by atoms with Gasteiger partial charge in [0.25, 0.3) is 0 Å². The molecule has 3 aromatic rings. The van der Waals surface area contributed by atoms with Crippen LogP contribution in [-0.4, -0.2) is 21.3 Å². The predicted molar refractivity (Wildman–Crippen MR) is 125 cm³/mol. The van der Waals surface area contributed by atoms with Crippen LogP contribution in [0.4, 0.5) is 5.69 Å². The van der Waals surface area contributed by atoms with Gasteiger partial charge in [-0.3, -0.25) is 4.57 Å². The molecule has 0 spiro atoms. The fourth-order valence-corrected chi connectivity index (χ4v) is 6.02. The summed E-state index contributed by atoms with van der Waals surface area (Å²) in [6, 6.07) is 8.16. The Bertz CT molecular complexity index is 1190. The average Bonchev–Trinajstić information content (AvgIpc) is 3.43. The van der Waals surface area contributed by atoms with Gasteiger partial charge in [-0.15, -0.1) is 0 Å². The van der Waals surface area contributed by atoms with Crippen LogP contribution in [0.25, 0.3) is 11.3 Å². The van der Waals surface area contributed by atoms with Gasteiger partial charge in [0, 0.05) is 35.7 Å². The van der Waals surface area contributed by atoms with Crippen LogP contribution in [0.1, 0.15) is 75.9 Å². The van der Waals surface area contributed by atoms with Crippen LogP contribution in [-0.2, 0) is 12.0 Å². The van der Waals surface area contributed by atoms with E-state index >= 15 is 0 Å². The number of aromatic nitrogens is 3. The molecule has 2 aromatic heterocycles. The summed E-state index contributed by atoms with van der Waals surface area (Å²) in [6.07, 6.45) is 11.4. The highest BCUT2D eigenvalue weighted by Gasteiger charge is 2.48. The van der Waals surface area contributed by atoms with Crippen molar-refractivity contribution in [2.45, 2.75) is 76.2 Å². The molecule has 3 fully saturated rings. The van der Waals surface area contributed by atoms with Gasteiger partial charge in [0.15, 0.2) is 11.6 Å². The van der Waals surface area contributed by atoms with E-state index in [-0.39, 0.29) is 11.2 Å². The second-order valence-corrected chi connectivity index (χ2v) is 10.3. The van der Waals surface area contributed by atoms with E-state index in [4.69, 9.17) is 13.9 Å². The standard InChI is InChI=1S/C26H32N4O3/c1-2-30-16-22(32-25(30)31)18-5-3-7-21(13-18)27-15-20-10-12-26(11-4-6-19(20)14-26)24-28-23(29-33-24)17-8-9-17/h3,5,7,13,16-17,19-20,27H,2,4,6,8-12,14-15H2,1H3. The van der Waals surface area contributed by atoms with Gasteiger partial charge < -0.3 is 14.3 Å². The van der Waals surface area contributed by atoms with E-state index in [1.54, 1.807) is 10.8 Å². The van der Waals surface area contributed by atoms with E-state index in [2.05, 4.69) is 22.6 Å². The molecule has 3 atom stereocenters. The lowest BCUT2D eigenvalue weighted by molar-refractivity contribution is 0.0732. The van der Waals surface area contributed by atoms with Crippen molar-refractivity contribution in [3.8, 4) is 11.3 Å². The van der Waals surface area contributed by atoms with Gasteiger partial charge in [-0.05, 0) is 69.4 Å². The molecule has 6 rings (SSSR count). The molecule has 0 aliphatic heterocycles. The number of anilines is 1. The van der Waals surface area contributed by atoms with Crippen molar-refractivity contribution >= 4 is 5.69 Å². The Hall–Kier alpha value is -2.83. The maximum atomic E-state index is 11.9. The van der Waals surface area contributed by atoms with Gasteiger partial charge in [0.2, 0.25) is 5.89 Å². The maximum absolute atomic E-state index is 11.9. The number of fused-ring (bicyclic) bond motifs is 2. The molecule has 174 valence electrons. The van der Waals surface area contributed by atoms with Crippen molar-refractivity contribution in [3.63, 3.8) is 0 Å². The third-order valence-electron chi connectivity index (χ3n) is 8.14. The summed E-state index contributed by atoms with van der Waals surface area (Å²) in [5.74, 6) is 4.04. The second-order valence-electron chi connectivity index (χ2n) is 10.3. The van der Waals surface area contributed by atoms with Crippen LogP contribution in [0.2, 0.25) is 0 Å². The molecule has 0 saturated heterocycles. The van der Waals surface area contributed by atoms with Crippen molar-refractivity contribution in [1.29, 1.82) is 0 Å². The van der Waals surface area contributed by atoms with Crippen molar-refractivity contribution in [2.75, 3.05) is 11.9 Å². The molecule has 33 heavy (non-hydrogen) atoms. The summed E-state index contributed by atoms with van der Waals surface area (Å²) in [5, 5.41) is 7.97. The number of hydrogen-bond donors (Lipinski definition) is 1. The van der Waals surface area contributed by atoms with E-state index in [9.17, 15) is 4.79 Å². The van der Waals surface area contributed by atoms with Crippen molar-refractivity contribution in [3.05, 3.63) is 52.7 Å². The summed E-state index contributed by atoms with van der Waals surface area (Å²) in [4.78, 5) is 16.7. The Labute approximate surface area is 193 Å². The van der Waals surface area contributed by atoms with E-state index in [1.165, 1.54) is 44.9 Å². The van der Waals surface area contributed by atoms with Crippen molar-refractivity contribution in [2.24, 2.45) is 11.8 Å². The van der Waals surface area contributed by atoms with Crippen LogP contribution in [0, 0.1) is 11.8 Å².